The quantitative estimate of drug-likeness (QED) is 0.136. The summed E-state index contributed by atoms with van der Waals surface area (Å²) in [6.45, 7) is 0.651. The van der Waals surface area contributed by atoms with E-state index >= 15 is 0 Å². The standard InChI is InChI=1S/2C6H14N2O2.2C2H5NO2/c2*7-4-2-1-3-5(8)6(9)10;2*3-1-2(4)5/h2*5H,1-4,7-8H2,(H,9,10);2*1,3H2,(H,4,5)/t2*5-;;/m00../s1. The number of aliphatic carboxylic acids is 4. The first-order valence-corrected chi connectivity index (χ1v) is 9.11. The Morgan fingerprint density at radius 3 is 0.933 bits per heavy atom. The molecule has 0 spiro atoms. The fraction of sp³-hybridized carbons (Fsp3) is 0.750. The first kappa shape index (κ1) is 35.1. The average molecular weight is 443 g/mol. The summed E-state index contributed by atoms with van der Waals surface area (Å²) >= 11 is 0. The van der Waals surface area contributed by atoms with E-state index < -0.39 is 36.0 Å². The Kier molecular flexibility index (Phi) is 31.2. The monoisotopic (exact) mass is 442 g/mol. The molecule has 0 amide bonds. The van der Waals surface area contributed by atoms with Crippen LogP contribution in [0.5, 0.6) is 0 Å². The lowest BCUT2D eigenvalue weighted by atomic mass is 10.1. The highest BCUT2D eigenvalue weighted by Crippen LogP contribution is 1.97. The summed E-state index contributed by atoms with van der Waals surface area (Å²) in [7, 11) is 0. The van der Waals surface area contributed by atoms with E-state index in [1.807, 2.05) is 0 Å². The van der Waals surface area contributed by atoms with Gasteiger partial charge in [0.15, 0.2) is 0 Å². The van der Waals surface area contributed by atoms with Gasteiger partial charge in [-0.25, -0.2) is 0 Å². The van der Waals surface area contributed by atoms with E-state index in [1.165, 1.54) is 0 Å². The van der Waals surface area contributed by atoms with Crippen molar-refractivity contribution in [3.63, 3.8) is 0 Å². The SMILES string of the molecule is NCC(=O)O.NCC(=O)O.NCCCC[C@H](N)C(=O)O.NCCCC[C@H](N)C(=O)O. The van der Waals surface area contributed by atoms with E-state index in [4.69, 9.17) is 43.4 Å². The molecule has 0 bridgehead atoms. The maximum absolute atomic E-state index is 10.1. The molecule has 0 fully saturated rings. The van der Waals surface area contributed by atoms with Crippen LogP contribution in [0.1, 0.15) is 38.5 Å². The van der Waals surface area contributed by atoms with Gasteiger partial charge < -0.3 is 54.8 Å². The molecule has 2 atom stereocenters. The van der Waals surface area contributed by atoms with E-state index in [9.17, 15) is 19.2 Å². The second kappa shape index (κ2) is 26.6. The molecular formula is C16H38N6O8. The molecule has 14 heteroatoms. The van der Waals surface area contributed by atoms with Crippen molar-refractivity contribution in [2.24, 2.45) is 34.4 Å². The van der Waals surface area contributed by atoms with E-state index in [2.05, 4.69) is 11.5 Å². The van der Waals surface area contributed by atoms with Gasteiger partial charge >= 0.3 is 23.9 Å². The zero-order valence-electron chi connectivity index (χ0n) is 17.1. The van der Waals surface area contributed by atoms with Crippen molar-refractivity contribution in [1.82, 2.24) is 0 Å². The lowest BCUT2D eigenvalue weighted by molar-refractivity contribution is -0.139. The van der Waals surface area contributed by atoms with Crippen molar-refractivity contribution >= 4 is 23.9 Å². The third-order valence-corrected chi connectivity index (χ3v) is 2.92. The van der Waals surface area contributed by atoms with Crippen molar-refractivity contribution in [3.8, 4) is 0 Å². The first-order valence-electron chi connectivity index (χ1n) is 9.11. The highest BCUT2D eigenvalue weighted by Gasteiger charge is 2.09. The van der Waals surface area contributed by atoms with Crippen LogP contribution >= 0.6 is 0 Å². The highest BCUT2D eigenvalue weighted by molar-refractivity contribution is 5.73. The lowest BCUT2D eigenvalue weighted by Crippen LogP contribution is -2.29. The number of carbonyl (C=O) groups is 4. The Hall–Kier alpha value is -2.36. The van der Waals surface area contributed by atoms with Crippen LogP contribution in [-0.2, 0) is 19.2 Å². The zero-order valence-corrected chi connectivity index (χ0v) is 17.1. The maximum atomic E-state index is 10.1. The molecule has 0 saturated heterocycles. The van der Waals surface area contributed by atoms with Crippen molar-refractivity contribution in [3.05, 3.63) is 0 Å². The minimum atomic E-state index is -0.968. The summed E-state index contributed by atoms with van der Waals surface area (Å²) in [5.74, 6) is -3.80. The van der Waals surface area contributed by atoms with Crippen LogP contribution in [-0.4, -0.2) is 82.6 Å². The fourth-order valence-electron chi connectivity index (χ4n) is 1.26. The molecule has 0 aliphatic carbocycles. The number of hydrogen-bond acceptors (Lipinski definition) is 10. The minimum Gasteiger partial charge on any atom is -0.480 e. The molecule has 0 radical (unpaired) electrons. The van der Waals surface area contributed by atoms with Crippen molar-refractivity contribution in [2.75, 3.05) is 26.2 Å². The molecule has 0 unspecified atom stereocenters. The van der Waals surface area contributed by atoms with Gasteiger partial charge in [-0.2, -0.15) is 0 Å². The average Bonchev–Trinajstić information content (AvgIpc) is 2.69. The lowest BCUT2D eigenvalue weighted by Gasteiger charge is -2.03. The molecule has 180 valence electrons. The first-order chi connectivity index (χ1) is 13.9. The molecule has 0 aromatic heterocycles. The number of hydrogen-bond donors (Lipinski definition) is 10. The summed E-state index contributed by atoms with van der Waals surface area (Å²) < 4.78 is 0. The third-order valence-electron chi connectivity index (χ3n) is 2.92. The second-order valence-electron chi connectivity index (χ2n) is 5.65. The van der Waals surface area contributed by atoms with E-state index in [1.54, 1.807) is 0 Å². The van der Waals surface area contributed by atoms with Crippen LogP contribution in [0.4, 0.5) is 0 Å². The molecule has 16 N–H and O–H groups in total. The largest absolute Gasteiger partial charge is 0.480 e. The van der Waals surface area contributed by atoms with Crippen LogP contribution in [0.2, 0.25) is 0 Å². The van der Waals surface area contributed by atoms with Crippen LogP contribution in [0.15, 0.2) is 0 Å². The molecule has 0 aliphatic heterocycles. The number of unbranched alkanes of at least 4 members (excludes halogenated alkanes) is 2. The summed E-state index contributed by atoms with van der Waals surface area (Å²) in [5, 5.41) is 31.8. The highest BCUT2D eigenvalue weighted by atomic mass is 16.4. The Balaban J connectivity index is -0.000000159. The molecule has 0 heterocycles. The molecule has 30 heavy (non-hydrogen) atoms. The van der Waals surface area contributed by atoms with Crippen LogP contribution in [0, 0.1) is 0 Å². The molecule has 0 aromatic carbocycles. The number of carboxylic acid groups (broad SMARTS) is 4. The van der Waals surface area contributed by atoms with Gasteiger partial charge in [0.05, 0.1) is 13.1 Å². The van der Waals surface area contributed by atoms with Crippen molar-refractivity contribution in [1.29, 1.82) is 0 Å². The normalized spacial score (nSPS) is 11.1. The Bertz CT molecular complexity index is 413. The van der Waals surface area contributed by atoms with Crippen LogP contribution in [0.25, 0.3) is 0 Å². The summed E-state index contributed by atoms with van der Waals surface area (Å²) in [5.41, 5.74) is 30.0. The van der Waals surface area contributed by atoms with Gasteiger partial charge in [-0.1, -0.05) is 12.8 Å². The van der Waals surface area contributed by atoms with E-state index in [0.717, 1.165) is 25.7 Å². The predicted molar refractivity (Wildman–Crippen MR) is 110 cm³/mol. The number of nitrogens with two attached hydrogens (primary N) is 6. The van der Waals surface area contributed by atoms with Gasteiger partial charge in [0.25, 0.3) is 0 Å². The zero-order chi connectivity index (χ0) is 24.5. The molecule has 0 saturated carbocycles. The number of carboxylic acids is 4. The molecule has 0 rings (SSSR count). The van der Waals surface area contributed by atoms with Gasteiger partial charge in [0.1, 0.15) is 12.1 Å². The van der Waals surface area contributed by atoms with Gasteiger partial charge in [0.2, 0.25) is 0 Å². The summed E-state index contributed by atoms with van der Waals surface area (Å²) in [6.07, 6.45) is 4.33. The summed E-state index contributed by atoms with van der Waals surface area (Å²) in [4.78, 5) is 38.8. The van der Waals surface area contributed by atoms with Crippen molar-refractivity contribution < 1.29 is 39.6 Å². The van der Waals surface area contributed by atoms with Gasteiger partial charge in [-0.3, -0.25) is 19.2 Å². The Morgan fingerprint density at radius 1 is 0.567 bits per heavy atom. The smallest absolute Gasteiger partial charge is 0.320 e. The van der Waals surface area contributed by atoms with Crippen LogP contribution < -0.4 is 34.4 Å². The van der Waals surface area contributed by atoms with E-state index in [0.29, 0.717) is 25.9 Å². The second-order valence-corrected chi connectivity index (χ2v) is 5.65. The third kappa shape index (κ3) is 40.4. The van der Waals surface area contributed by atoms with Gasteiger partial charge in [-0.15, -0.1) is 0 Å². The maximum Gasteiger partial charge on any atom is 0.320 e. The molecule has 0 aromatic rings. The van der Waals surface area contributed by atoms with Crippen molar-refractivity contribution in [2.45, 2.75) is 50.6 Å². The minimum absolute atomic E-state index is 0.278. The van der Waals surface area contributed by atoms with Crippen LogP contribution in [0.3, 0.4) is 0 Å². The predicted octanol–water partition coefficient (Wildman–Crippen LogP) is -2.89. The Labute approximate surface area is 175 Å². The molecular weight excluding hydrogens is 404 g/mol. The fourth-order valence-corrected chi connectivity index (χ4v) is 1.26. The Morgan fingerprint density at radius 2 is 0.800 bits per heavy atom. The number of rotatable bonds is 12. The molecule has 14 nitrogen and oxygen atoms in total. The topological polar surface area (TPSA) is 305 Å². The van der Waals surface area contributed by atoms with Gasteiger partial charge in [0, 0.05) is 0 Å². The van der Waals surface area contributed by atoms with Gasteiger partial charge in [-0.05, 0) is 38.8 Å². The van der Waals surface area contributed by atoms with E-state index in [-0.39, 0.29) is 13.1 Å². The molecule has 0 aliphatic rings. The summed E-state index contributed by atoms with van der Waals surface area (Å²) in [6, 6.07) is -1.43.